The minimum Gasteiger partial charge on any atom is -0.465 e. The standard InChI is InChI=1S/C38H51N7O7S/c1-24(26-7-9-27(10-8-26)33-25(2)40-23-53-33)41-35(48)30-19-29(46)21-45(30)36(49)34(38(3,4)5)42-32(47)22-52-18-17-43-13-15-44(16-14-43)31-12-11-28(20-39-31)37(50)51-6/h7-12,20,23-24,29-30,34,46H,13-19,21-22H2,1-6H3,(H,41,48)(H,42,47)/t24?,29-,30+,34?/m1/s1. The van der Waals surface area contributed by atoms with Crippen molar-refractivity contribution < 1.29 is 33.8 Å². The number of amides is 3. The summed E-state index contributed by atoms with van der Waals surface area (Å²) in [6.07, 6.45) is 0.757. The topological polar surface area (TPSA) is 167 Å². The quantitative estimate of drug-likeness (QED) is 0.174. The van der Waals surface area contributed by atoms with E-state index in [1.54, 1.807) is 17.4 Å². The van der Waals surface area contributed by atoms with E-state index in [1.165, 1.54) is 18.2 Å². The summed E-state index contributed by atoms with van der Waals surface area (Å²) >= 11 is 1.58. The van der Waals surface area contributed by atoms with Crippen molar-refractivity contribution in [3.63, 3.8) is 0 Å². The zero-order valence-corrected chi connectivity index (χ0v) is 32.1. The van der Waals surface area contributed by atoms with Crippen LogP contribution in [0.25, 0.3) is 10.4 Å². The Morgan fingerprint density at radius 2 is 1.74 bits per heavy atom. The Morgan fingerprint density at radius 3 is 2.34 bits per heavy atom. The summed E-state index contributed by atoms with van der Waals surface area (Å²) in [6, 6.07) is 9.30. The third kappa shape index (κ3) is 10.2. The molecule has 0 spiro atoms. The third-order valence-corrected chi connectivity index (χ3v) is 10.7. The highest BCUT2D eigenvalue weighted by Gasteiger charge is 2.44. The molecule has 0 bridgehead atoms. The van der Waals surface area contributed by atoms with Gasteiger partial charge >= 0.3 is 5.97 Å². The van der Waals surface area contributed by atoms with Crippen molar-refractivity contribution in [1.82, 2.24) is 30.4 Å². The Kier molecular flexibility index (Phi) is 13.2. The maximum Gasteiger partial charge on any atom is 0.339 e. The van der Waals surface area contributed by atoms with Gasteiger partial charge in [0.15, 0.2) is 0 Å². The van der Waals surface area contributed by atoms with Crippen molar-refractivity contribution in [2.75, 3.05) is 64.5 Å². The first-order valence-corrected chi connectivity index (χ1v) is 18.8. The molecule has 4 heterocycles. The number of rotatable bonds is 13. The molecular weight excluding hydrogens is 699 g/mol. The second-order valence-corrected chi connectivity index (χ2v) is 15.5. The van der Waals surface area contributed by atoms with Crippen molar-refractivity contribution in [1.29, 1.82) is 0 Å². The summed E-state index contributed by atoms with van der Waals surface area (Å²) in [5.74, 6) is -0.847. The number of piperazine rings is 1. The maximum absolute atomic E-state index is 14.0. The Balaban J connectivity index is 1.09. The van der Waals surface area contributed by atoms with E-state index in [-0.39, 0.29) is 31.5 Å². The molecular formula is C38H51N7O7S. The lowest BCUT2D eigenvalue weighted by Gasteiger charge is -2.36. The molecule has 3 N–H and O–H groups in total. The van der Waals surface area contributed by atoms with Gasteiger partial charge in [-0.25, -0.2) is 14.8 Å². The first-order chi connectivity index (χ1) is 25.2. The van der Waals surface area contributed by atoms with Crippen molar-refractivity contribution in [2.45, 2.75) is 65.3 Å². The number of methoxy groups -OCH3 is 1. The van der Waals surface area contributed by atoms with E-state index in [0.29, 0.717) is 18.7 Å². The smallest absolute Gasteiger partial charge is 0.339 e. The lowest BCUT2D eigenvalue weighted by molar-refractivity contribution is -0.144. The van der Waals surface area contributed by atoms with Gasteiger partial charge in [0.25, 0.3) is 0 Å². The number of nitrogens with zero attached hydrogens (tertiary/aromatic N) is 5. The molecule has 0 saturated carbocycles. The summed E-state index contributed by atoms with van der Waals surface area (Å²) in [5, 5.41) is 16.4. The van der Waals surface area contributed by atoms with Crippen LogP contribution in [0, 0.1) is 12.3 Å². The lowest BCUT2D eigenvalue weighted by atomic mass is 9.85. The predicted molar refractivity (Wildman–Crippen MR) is 201 cm³/mol. The van der Waals surface area contributed by atoms with Gasteiger partial charge in [0.1, 0.15) is 24.5 Å². The molecule has 0 aliphatic carbocycles. The molecule has 2 unspecified atom stereocenters. The maximum atomic E-state index is 14.0. The Hall–Kier alpha value is -4.44. The summed E-state index contributed by atoms with van der Waals surface area (Å²) < 4.78 is 10.5. The molecule has 3 aromatic rings. The van der Waals surface area contributed by atoms with E-state index < -0.39 is 41.4 Å². The van der Waals surface area contributed by atoms with Gasteiger partial charge in [-0.05, 0) is 42.5 Å². The first kappa shape index (κ1) is 39.8. The fourth-order valence-corrected chi connectivity index (χ4v) is 7.40. The number of carbonyl (C=O) groups excluding carboxylic acids is 4. The van der Waals surface area contributed by atoms with Crippen LogP contribution in [0.15, 0.2) is 48.1 Å². The number of anilines is 1. The van der Waals surface area contributed by atoms with Crippen LogP contribution in [0.5, 0.6) is 0 Å². The zero-order valence-electron chi connectivity index (χ0n) is 31.3. The molecule has 2 aliphatic rings. The number of aryl methyl sites for hydroxylation is 1. The molecule has 2 saturated heterocycles. The van der Waals surface area contributed by atoms with E-state index >= 15 is 0 Å². The van der Waals surface area contributed by atoms with Crippen LogP contribution in [0.2, 0.25) is 0 Å². The highest BCUT2D eigenvalue weighted by atomic mass is 32.1. The van der Waals surface area contributed by atoms with Crippen LogP contribution < -0.4 is 15.5 Å². The van der Waals surface area contributed by atoms with Gasteiger partial charge in [0.2, 0.25) is 17.7 Å². The number of aliphatic hydroxyl groups is 1. The molecule has 0 radical (unpaired) electrons. The number of likely N-dealkylation sites (tertiary alicyclic amines) is 1. The van der Waals surface area contributed by atoms with Crippen molar-refractivity contribution in [3.05, 3.63) is 64.9 Å². The predicted octanol–water partition coefficient (Wildman–Crippen LogP) is 2.81. The number of ether oxygens (including phenoxy) is 2. The minimum atomic E-state index is -0.942. The number of hydrogen-bond acceptors (Lipinski definition) is 12. The highest BCUT2D eigenvalue weighted by Crippen LogP contribution is 2.29. The minimum absolute atomic E-state index is 0.00469. The van der Waals surface area contributed by atoms with E-state index in [0.717, 1.165) is 53.7 Å². The van der Waals surface area contributed by atoms with E-state index in [9.17, 15) is 24.3 Å². The Labute approximate surface area is 314 Å². The summed E-state index contributed by atoms with van der Waals surface area (Å²) in [4.78, 5) is 67.9. The van der Waals surface area contributed by atoms with Crippen LogP contribution in [0.1, 0.15) is 61.8 Å². The van der Waals surface area contributed by atoms with E-state index in [2.05, 4.69) is 30.4 Å². The SMILES string of the molecule is COC(=O)c1ccc(N2CCN(CCOCC(=O)NC(C(=O)N3C[C@H](O)C[C@H]3C(=O)NC(C)c3ccc(-c4scnc4C)cc3)C(C)(C)C)CC2)nc1. The fraction of sp³-hybridized carbons (Fsp3) is 0.526. The molecule has 53 heavy (non-hydrogen) atoms. The highest BCUT2D eigenvalue weighted by molar-refractivity contribution is 7.13. The number of aliphatic hydroxyl groups excluding tert-OH is 1. The van der Waals surface area contributed by atoms with Crippen LogP contribution in [0.3, 0.4) is 0 Å². The number of esters is 1. The summed E-state index contributed by atoms with van der Waals surface area (Å²) in [6.45, 7) is 13.2. The van der Waals surface area contributed by atoms with Gasteiger partial charge in [0.05, 0.1) is 47.5 Å². The molecule has 1 aromatic carbocycles. The zero-order chi connectivity index (χ0) is 38.3. The van der Waals surface area contributed by atoms with Crippen molar-refractivity contribution >= 4 is 40.8 Å². The molecule has 15 heteroatoms. The second kappa shape index (κ2) is 17.6. The fourth-order valence-electron chi connectivity index (χ4n) is 6.59. The number of nitrogens with one attached hydrogen (secondary N) is 2. The van der Waals surface area contributed by atoms with Crippen LogP contribution in [0.4, 0.5) is 5.82 Å². The van der Waals surface area contributed by atoms with Crippen LogP contribution >= 0.6 is 11.3 Å². The average molecular weight is 750 g/mol. The molecule has 2 aromatic heterocycles. The number of carbonyl (C=O) groups is 4. The van der Waals surface area contributed by atoms with Crippen LogP contribution in [-0.2, 0) is 23.9 Å². The van der Waals surface area contributed by atoms with Gasteiger partial charge in [0, 0.05) is 51.9 Å². The number of thiazole rings is 1. The molecule has 2 aliphatic heterocycles. The number of hydrogen-bond donors (Lipinski definition) is 3. The Bertz CT molecular complexity index is 1720. The molecule has 3 amide bonds. The van der Waals surface area contributed by atoms with Gasteiger partial charge in [-0.15, -0.1) is 11.3 Å². The van der Waals surface area contributed by atoms with Gasteiger partial charge in [-0.2, -0.15) is 0 Å². The number of aromatic nitrogens is 2. The molecule has 14 nitrogen and oxygen atoms in total. The first-order valence-electron chi connectivity index (χ1n) is 17.9. The van der Waals surface area contributed by atoms with Gasteiger partial charge < -0.3 is 35.0 Å². The van der Waals surface area contributed by atoms with E-state index in [4.69, 9.17) is 9.47 Å². The number of pyridine rings is 1. The molecule has 286 valence electrons. The number of benzene rings is 1. The molecule has 2 fully saturated rings. The van der Waals surface area contributed by atoms with Crippen molar-refractivity contribution in [3.8, 4) is 10.4 Å². The average Bonchev–Trinajstić information content (AvgIpc) is 3.76. The largest absolute Gasteiger partial charge is 0.465 e. The van der Waals surface area contributed by atoms with Crippen molar-refractivity contribution in [2.24, 2.45) is 5.41 Å². The summed E-state index contributed by atoms with van der Waals surface area (Å²) in [7, 11) is 1.34. The number of β-amino-alcohol motifs (C(OH)–C–C–N with tert-alkyl or cyclic N) is 1. The Morgan fingerprint density at radius 1 is 1.02 bits per heavy atom. The summed E-state index contributed by atoms with van der Waals surface area (Å²) in [5.41, 5.74) is 4.47. The lowest BCUT2D eigenvalue weighted by Crippen LogP contribution is -2.58. The van der Waals surface area contributed by atoms with Crippen LogP contribution in [-0.4, -0.2) is 126 Å². The second-order valence-electron chi connectivity index (χ2n) is 14.7. The third-order valence-electron chi connectivity index (χ3n) is 9.71. The molecule has 5 rings (SSSR count). The van der Waals surface area contributed by atoms with Gasteiger partial charge in [-0.1, -0.05) is 45.0 Å². The van der Waals surface area contributed by atoms with E-state index in [1.807, 2.05) is 70.5 Å². The monoisotopic (exact) mass is 749 g/mol. The van der Waals surface area contributed by atoms with Gasteiger partial charge in [-0.3, -0.25) is 19.3 Å². The molecule has 4 atom stereocenters. The normalized spacial score (nSPS) is 19.1.